The Morgan fingerprint density at radius 2 is 2.07 bits per heavy atom. The van der Waals surface area contributed by atoms with Crippen molar-refractivity contribution in [3.63, 3.8) is 0 Å². The minimum absolute atomic E-state index is 0.461. The maximum absolute atomic E-state index is 5.36. The van der Waals surface area contributed by atoms with Crippen molar-refractivity contribution in [2.24, 2.45) is 0 Å². The van der Waals surface area contributed by atoms with Crippen LogP contribution in [-0.4, -0.2) is 30.3 Å². The van der Waals surface area contributed by atoms with Crippen LogP contribution in [-0.2, 0) is 4.74 Å². The van der Waals surface area contributed by atoms with Gasteiger partial charge in [-0.3, -0.25) is 0 Å². The fraction of sp³-hybridized carbons (Fsp3) is 0.600. The standard InChI is InChI=1S/C10H16N2O2/c1-9-5-6-11-10(12-9)14-8-4-3-7-13-2/h5-6H,3-4,7-8H2,1-2H3. The summed E-state index contributed by atoms with van der Waals surface area (Å²) in [4.78, 5) is 8.12. The van der Waals surface area contributed by atoms with Gasteiger partial charge in [-0.2, -0.15) is 0 Å². The van der Waals surface area contributed by atoms with Gasteiger partial charge in [0.2, 0.25) is 0 Å². The van der Waals surface area contributed by atoms with Crippen LogP contribution in [0.4, 0.5) is 0 Å². The first-order valence-corrected chi connectivity index (χ1v) is 4.74. The lowest BCUT2D eigenvalue weighted by Gasteiger charge is -2.03. The number of nitrogens with zero attached hydrogens (tertiary/aromatic N) is 2. The zero-order valence-corrected chi connectivity index (χ0v) is 8.69. The number of rotatable bonds is 6. The van der Waals surface area contributed by atoms with E-state index >= 15 is 0 Å². The van der Waals surface area contributed by atoms with Crippen LogP contribution in [0.2, 0.25) is 0 Å². The molecule has 0 saturated carbocycles. The molecular formula is C10H16N2O2. The number of hydrogen-bond donors (Lipinski definition) is 0. The molecule has 0 amide bonds. The van der Waals surface area contributed by atoms with Gasteiger partial charge in [0.1, 0.15) is 0 Å². The van der Waals surface area contributed by atoms with Gasteiger partial charge in [0.25, 0.3) is 0 Å². The molecule has 1 aromatic rings. The summed E-state index contributed by atoms with van der Waals surface area (Å²) in [6.07, 6.45) is 3.67. The number of aromatic nitrogens is 2. The Bertz CT molecular complexity index is 266. The summed E-state index contributed by atoms with van der Waals surface area (Å²) < 4.78 is 10.3. The Hall–Kier alpha value is -1.16. The summed E-state index contributed by atoms with van der Waals surface area (Å²) in [6.45, 7) is 3.34. The van der Waals surface area contributed by atoms with Gasteiger partial charge in [-0.05, 0) is 25.8 Å². The zero-order chi connectivity index (χ0) is 10.2. The molecule has 0 radical (unpaired) electrons. The lowest BCUT2D eigenvalue weighted by atomic mass is 10.3. The summed E-state index contributed by atoms with van der Waals surface area (Å²) in [5, 5.41) is 0. The van der Waals surface area contributed by atoms with E-state index in [1.807, 2.05) is 13.0 Å². The monoisotopic (exact) mass is 196 g/mol. The lowest BCUT2D eigenvalue weighted by molar-refractivity contribution is 0.182. The number of methoxy groups -OCH3 is 1. The minimum Gasteiger partial charge on any atom is -0.463 e. The Morgan fingerprint density at radius 3 is 2.79 bits per heavy atom. The van der Waals surface area contributed by atoms with Crippen molar-refractivity contribution in [1.29, 1.82) is 0 Å². The van der Waals surface area contributed by atoms with E-state index in [0.29, 0.717) is 12.6 Å². The highest BCUT2D eigenvalue weighted by Gasteiger charge is 1.96. The smallest absolute Gasteiger partial charge is 0.316 e. The van der Waals surface area contributed by atoms with Crippen LogP contribution in [0, 0.1) is 6.92 Å². The fourth-order valence-corrected chi connectivity index (χ4v) is 1.01. The molecule has 1 aromatic heterocycles. The molecule has 4 nitrogen and oxygen atoms in total. The molecule has 78 valence electrons. The highest BCUT2D eigenvalue weighted by atomic mass is 16.5. The van der Waals surface area contributed by atoms with Gasteiger partial charge in [-0.25, -0.2) is 9.97 Å². The van der Waals surface area contributed by atoms with Crippen LogP contribution in [0.5, 0.6) is 6.01 Å². The topological polar surface area (TPSA) is 44.2 Å². The highest BCUT2D eigenvalue weighted by molar-refractivity contribution is 5.02. The average molecular weight is 196 g/mol. The first kappa shape index (κ1) is 10.9. The largest absolute Gasteiger partial charge is 0.463 e. The normalized spacial score (nSPS) is 10.1. The molecule has 0 N–H and O–H groups in total. The summed E-state index contributed by atoms with van der Waals surface area (Å²) >= 11 is 0. The molecule has 0 aliphatic heterocycles. The molecular weight excluding hydrogens is 180 g/mol. The highest BCUT2D eigenvalue weighted by Crippen LogP contribution is 2.02. The molecule has 1 heterocycles. The molecule has 0 fully saturated rings. The number of unbranched alkanes of at least 4 members (excludes halogenated alkanes) is 1. The third-order valence-corrected chi connectivity index (χ3v) is 1.75. The first-order valence-electron chi connectivity index (χ1n) is 4.74. The number of aryl methyl sites for hydroxylation is 1. The summed E-state index contributed by atoms with van der Waals surface area (Å²) in [7, 11) is 1.70. The molecule has 14 heavy (non-hydrogen) atoms. The first-order chi connectivity index (χ1) is 6.83. The number of hydrogen-bond acceptors (Lipinski definition) is 4. The average Bonchev–Trinajstić information content (AvgIpc) is 2.18. The maximum atomic E-state index is 5.36. The van der Waals surface area contributed by atoms with Gasteiger partial charge >= 0.3 is 6.01 Å². The van der Waals surface area contributed by atoms with Crippen molar-refractivity contribution in [3.05, 3.63) is 18.0 Å². The van der Waals surface area contributed by atoms with E-state index in [-0.39, 0.29) is 0 Å². The number of ether oxygens (including phenoxy) is 2. The Kier molecular flexibility index (Phi) is 4.93. The minimum atomic E-state index is 0.461. The molecule has 1 rings (SSSR count). The van der Waals surface area contributed by atoms with Gasteiger partial charge in [0, 0.05) is 25.6 Å². The Labute approximate surface area is 84.3 Å². The van der Waals surface area contributed by atoms with E-state index < -0.39 is 0 Å². The second-order valence-corrected chi connectivity index (χ2v) is 3.03. The zero-order valence-electron chi connectivity index (χ0n) is 8.69. The van der Waals surface area contributed by atoms with Crippen LogP contribution in [0.3, 0.4) is 0 Å². The van der Waals surface area contributed by atoms with E-state index in [2.05, 4.69) is 9.97 Å². The third-order valence-electron chi connectivity index (χ3n) is 1.75. The summed E-state index contributed by atoms with van der Waals surface area (Å²) in [5.74, 6) is 0. The van der Waals surface area contributed by atoms with E-state index in [0.717, 1.165) is 25.1 Å². The molecule has 0 aliphatic rings. The fourth-order valence-electron chi connectivity index (χ4n) is 1.01. The van der Waals surface area contributed by atoms with Gasteiger partial charge in [0.15, 0.2) is 0 Å². The third kappa shape index (κ3) is 4.18. The second-order valence-electron chi connectivity index (χ2n) is 3.03. The molecule has 0 spiro atoms. The van der Waals surface area contributed by atoms with Crippen LogP contribution < -0.4 is 4.74 Å². The summed E-state index contributed by atoms with van der Waals surface area (Å²) in [6, 6.07) is 2.31. The Balaban J connectivity index is 2.18. The van der Waals surface area contributed by atoms with Gasteiger partial charge < -0.3 is 9.47 Å². The predicted octanol–water partition coefficient (Wildman–Crippen LogP) is 1.59. The quantitative estimate of drug-likeness (QED) is 0.648. The predicted molar refractivity (Wildman–Crippen MR) is 53.4 cm³/mol. The molecule has 0 atom stereocenters. The van der Waals surface area contributed by atoms with E-state index in [1.54, 1.807) is 13.3 Å². The van der Waals surface area contributed by atoms with Crippen molar-refractivity contribution < 1.29 is 9.47 Å². The van der Waals surface area contributed by atoms with Gasteiger partial charge in [0.05, 0.1) is 6.61 Å². The second kappa shape index (κ2) is 6.32. The van der Waals surface area contributed by atoms with E-state index in [1.165, 1.54) is 0 Å². The molecule has 4 heteroatoms. The molecule has 0 aromatic carbocycles. The Morgan fingerprint density at radius 1 is 1.29 bits per heavy atom. The maximum Gasteiger partial charge on any atom is 0.316 e. The molecule has 0 bridgehead atoms. The lowest BCUT2D eigenvalue weighted by Crippen LogP contribution is -2.02. The van der Waals surface area contributed by atoms with Crippen LogP contribution in [0.1, 0.15) is 18.5 Å². The summed E-state index contributed by atoms with van der Waals surface area (Å²) in [5.41, 5.74) is 0.923. The van der Waals surface area contributed by atoms with Gasteiger partial charge in [-0.1, -0.05) is 0 Å². The molecule has 0 unspecified atom stereocenters. The van der Waals surface area contributed by atoms with Crippen LogP contribution in [0.15, 0.2) is 12.3 Å². The van der Waals surface area contributed by atoms with Crippen molar-refractivity contribution in [2.75, 3.05) is 20.3 Å². The van der Waals surface area contributed by atoms with Gasteiger partial charge in [-0.15, -0.1) is 0 Å². The van der Waals surface area contributed by atoms with E-state index in [9.17, 15) is 0 Å². The molecule has 0 aliphatic carbocycles. The van der Waals surface area contributed by atoms with Crippen molar-refractivity contribution >= 4 is 0 Å². The van der Waals surface area contributed by atoms with Crippen LogP contribution >= 0.6 is 0 Å². The van der Waals surface area contributed by atoms with E-state index in [4.69, 9.17) is 9.47 Å². The van der Waals surface area contributed by atoms with Crippen LogP contribution in [0.25, 0.3) is 0 Å². The van der Waals surface area contributed by atoms with Crippen molar-refractivity contribution in [3.8, 4) is 6.01 Å². The molecule has 0 saturated heterocycles. The van der Waals surface area contributed by atoms with Crippen molar-refractivity contribution in [1.82, 2.24) is 9.97 Å². The SMILES string of the molecule is COCCCCOc1nccc(C)n1. The van der Waals surface area contributed by atoms with Crippen molar-refractivity contribution in [2.45, 2.75) is 19.8 Å².